The number of fused-ring (bicyclic) bond motifs is 1. The van der Waals surface area contributed by atoms with Crippen molar-refractivity contribution in [2.24, 2.45) is 0 Å². The molecular formula is C17H26N2O. The summed E-state index contributed by atoms with van der Waals surface area (Å²) in [6, 6.07) is 9.95. The molecule has 110 valence electrons. The molecule has 1 aliphatic heterocycles. The third-order valence-electron chi connectivity index (χ3n) is 5.13. The van der Waals surface area contributed by atoms with Crippen molar-refractivity contribution < 1.29 is 4.74 Å². The van der Waals surface area contributed by atoms with E-state index in [9.17, 15) is 0 Å². The summed E-state index contributed by atoms with van der Waals surface area (Å²) < 4.78 is 5.54. The minimum atomic E-state index is 0.417. The van der Waals surface area contributed by atoms with Crippen molar-refractivity contribution in [3.05, 3.63) is 35.4 Å². The fourth-order valence-corrected chi connectivity index (χ4v) is 4.03. The van der Waals surface area contributed by atoms with E-state index in [4.69, 9.17) is 4.74 Å². The summed E-state index contributed by atoms with van der Waals surface area (Å²) in [5, 5.41) is 3.56. The molecule has 0 bridgehead atoms. The lowest BCUT2D eigenvalue weighted by molar-refractivity contribution is 0.0907. The first kappa shape index (κ1) is 14.1. The summed E-state index contributed by atoms with van der Waals surface area (Å²) in [6.45, 7) is 4.60. The molecule has 3 rings (SSSR count). The van der Waals surface area contributed by atoms with Gasteiger partial charge in [0.05, 0.1) is 6.10 Å². The predicted octanol–water partition coefficient (Wildman–Crippen LogP) is 2.54. The number of likely N-dealkylation sites (N-methyl/N-ethyl adjacent to an activating group) is 1. The van der Waals surface area contributed by atoms with Gasteiger partial charge in [-0.1, -0.05) is 31.2 Å². The molecule has 3 nitrogen and oxygen atoms in total. The smallest absolute Gasteiger partial charge is 0.0710 e. The molecule has 0 radical (unpaired) electrons. The van der Waals surface area contributed by atoms with E-state index in [1.807, 2.05) is 7.11 Å². The van der Waals surface area contributed by atoms with E-state index in [-0.39, 0.29) is 0 Å². The van der Waals surface area contributed by atoms with Crippen LogP contribution in [0.15, 0.2) is 24.3 Å². The molecule has 1 aliphatic carbocycles. The van der Waals surface area contributed by atoms with Crippen LogP contribution in [0.1, 0.15) is 42.9 Å². The Balaban J connectivity index is 1.86. The largest absolute Gasteiger partial charge is 0.380 e. The predicted molar refractivity (Wildman–Crippen MR) is 82.0 cm³/mol. The van der Waals surface area contributed by atoms with Gasteiger partial charge in [-0.15, -0.1) is 0 Å². The fraction of sp³-hybridized carbons (Fsp3) is 0.647. The van der Waals surface area contributed by atoms with Crippen molar-refractivity contribution in [3.63, 3.8) is 0 Å². The van der Waals surface area contributed by atoms with Gasteiger partial charge in [-0.3, -0.25) is 4.90 Å². The van der Waals surface area contributed by atoms with Crippen LogP contribution in [0, 0.1) is 0 Å². The molecule has 1 aromatic carbocycles. The zero-order valence-electron chi connectivity index (χ0n) is 12.8. The van der Waals surface area contributed by atoms with Gasteiger partial charge >= 0.3 is 0 Å². The molecular weight excluding hydrogens is 248 g/mol. The highest BCUT2D eigenvalue weighted by Crippen LogP contribution is 2.40. The lowest BCUT2D eigenvalue weighted by atomic mass is 9.77. The van der Waals surface area contributed by atoms with Gasteiger partial charge in [0.25, 0.3) is 0 Å². The molecule has 3 heteroatoms. The molecule has 20 heavy (non-hydrogen) atoms. The standard InChI is InChI=1S/C17H26N2O/c1-12-10-16(19-9-8-13(11-19)20-3)17(18-2)15-7-5-4-6-14(12)15/h4-7,12-13,16-18H,8-11H2,1-3H3. The Labute approximate surface area is 122 Å². The van der Waals surface area contributed by atoms with Crippen LogP contribution in [0.25, 0.3) is 0 Å². The monoisotopic (exact) mass is 274 g/mol. The molecule has 0 aromatic heterocycles. The van der Waals surface area contributed by atoms with Crippen molar-refractivity contribution in [3.8, 4) is 0 Å². The van der Waals surface area contributed by atoms with Gasteiger partial charge in [0.15, 0.2) is 0 Å². The number of benzene rings is 1. The van der Waals surface area contributed by atoms with Crippen LogP contribution in [-0.4, -0.2) is 44.3 Å². The van der Waals surface area contributed by atoms with Crippen molar-refractivity contribution in [1.29, 1.82) is 0 Å². The average molecular weight is 274 g/mol. The fourth-order valence-electron chi connectivity index (χ4n) is 4.03. The Morgan fingerprint density at radius 3 is 2.65 bits per heavy atom. The first-order valence-electron chi connectivity index (χ1n) is 7.77. The van der Waals surface area contributed by atoms with Crippen molar-refractivity contribution >= 4 is 0 Å². The Morgan fingerprint density at radius 2 is 2.00 bits per heavy atom. The van der Waals surface area contributed by atoms with Crippen LogP contribution >= 0.6 is 0 Å². The molecule has 1 aromatic rings. The molecule has 1 saturated heterocycles. The Kier molecular flexibility index (Phi) is 4.11. The molecule has 1 N–H and O–H groups in total. The summed E-state index contributed by atoms with van der Waals surface area (Å²) in [6.07, 6.45) is 2.82. The van der Waals surface area contributed by atoms with Gasteiger partial charge in [0.2, 0.25) is 0 Å². The molecule has 0 amide bonds. The third kappa shape index (κ3) is 2.39. The number of ether oxygens (including phenoxy) is 1. The van der Waals surface area contributed by atoms with E-state index in [0.29, 0.717) is 24.1 Å². The summed E-state index contributed by atoms with van der Waals surface area (Å²) in [4.78, 5) is 2.63. The lowest BCUT2D eigenvalue weighted by Gasteiger charge is -2.41. The topological polar surface area (TPSA) is 24.5 Å². The normalized spacial score (nSPS) is 34.1. The Bertz CT molecular complexity index is 462. The lowest BCUT2D eigenvalue weighted by Crippen LogP contribution is -2.46. The second-order valence-electron chi connectivity index (χ2n) is 6.24. The molecule has 4 unspecified atom stereocenters. The van der Waals surface area contributed by atoms with Gasteiger partial charge < -0.3 is 10.1 Å². The first-order valence-corrected chi connectivity index (χ1v) is 7.77. The number of nitrogens with zero attached hydrogens (tertiary/aromatic N) is 1. The van der Waals surface area contributed by atoms with E-state index in [0.717, 1.165) is 13.1 Å². The zero-order chi connectivity index (χ0) is 14.1. The number of likely N-dealkylation sites (tertiary alicyclic amines) is 1. The molecule has 2 aliphatic rings. The Morgan fingerprint density at radius 1 is 1.25 bits per heavy atom. The van der Waals surface area contributed by atoms with E-state index < -0.39 is 0 Å². The minimum Gasteiger partial charge on any atom is -0.380 e. The second-order valence-corrected chi connectivity index (χ2v) is 6.24. The summed E-state index contributed by atoms with van der Waals surface area (Å²) in [5.74, 6) is 0.641. The van der Waals surface area contributed by atoms with Crippen LogP contribution in [0.5, 0.6) is 0 Å². The zero-order valence-corrected chi connectivity index (χ0v) is 12.8. The third-order valence-corrected chi connectivity index (χ3v) is 5.13. The van der Waals surface area contributed by atoms with Crippen molar-refractivity contribution in [1.82, 2.24) is 10.2 Å². The van der Waals surface area contributed by atoms with E-state index in [1.54, 1.807) is 0 Å². The van der Waals surface area contributed by atoms with Gasteiger partial charge in [0.1, 0.15) is 0 Å². The summed E-state index contributed by atoms with van der Waals surface area (Å²) >= 11 is 0. The number of methoxy groups -OCH3 is 1. The second kappa shape index (κ2) is 5.84. The highest BCUT2D eigenvalue weighted by molar-refractivity contribution is 5.36. The SMILES string of the molecule is CNC1c2ccccc2C(C)CC1N1CCC(OC)C1. The molecule has 1 heterocycles. The Hall–Kier alpha value is -0.900. The van der Waals surface area contributed by atoms with E-state index in [1.165, 1.54) is 24.0 Å². The van der Waals surface area contributed by atoms with Gasteiger partial charge in [0, 0.05) is 32.3 Å². The van der Waals surface area contributed by atoms with Crippen molar-refractivity contribution in [2.45, 2.75) is 43.9 Å². The van der Waals surface area contributed by atoms with Crippen LogP contribution in [0.3, 0.4) is 0 Å². The number of hydrogen-bond acceptors (Lipinski definition) is 3. The van der Waals surface area contributed by atoms with Gasteiger partial charge in [-0.05, 0) is 36.9 Å². The number of nitrogens with one attached hydrogen (secondary N) is 1. The maximum Gasteiger partial charge on any atom is 0.0710 e. The molecule has 4 atom stereocenters. The highest BCUT2D eigenvalue weighted by atomic mass is 16.5. The molecule has 0 spiro atoms. The van der Waals surface area contributed by atoms with Crippen LogP contribution in [0.4, 0.5) is 0 Å². The summed E-state index contributed by atoms with van der Waals surface area (Å²) in [7, 11) is 3.93. The minimum absolute atomic E-state index is 0.417. The van der Waals surface area contributed by atoms with Gasteiger partial charge in [-0.25, -0.2) is 0 Å². The maximum absolute atomic E-state index is 5.54. The number of hydrogen-bond donors (Lipinski definition) is 1. The maximum atomic E-state index is 5.54. The quantitative estimate of drug-likeness (QED) is 0.917. The van der Waals surface area contributed by atoms with Crippen LogP contribution in [-0.2, 0) is 4.74 Å². The number of rotatable bonds is 3. The highest BCUT2D eigenvalue weighted by Gasteiger charge is 2.38. The molecule has 1 fully saturated rings. The van der Waals surface area contributed by atoms with E-state index in [2.05, 4.69) is 48.5 Å². The van der Waals surface area contributed by atoms with Gasteiger partial charge in [-0.2, -0.15) is 0 Å². The average Bonchev–Trinajstić information content (AvgIpc) is 2.96. The van der Waals surface area contributed by atoms with Crippen LogP contribution < -0.4 is 5.32 Å². The van der Waals surface area contributed by atoms with E-state index >= 15 is 0 Å². The summed E-state index contributed by atoms with van der Waals surface area (Å²) in [5.41, 5.74) is 3.00. The van der Waals surface area contributed by atoms with Crippen molar-refractivity contribution in [2.75, 3.05) is 27.2 Å². The first-order chi connectivity index (χ1) is 9.74. The van der Waals surface area contributed by atoms with Crippen LogP contribution in [0.2, 0.25) is 0 Å². The molecule has 0 saturated carbocycles.